The van der Waals surface area contributed by atoms with Crippen LogP contribution in [0.25, 0.3) is 0 Å². The summed E-state index contributed by atoms with van der Waals surface area (Å²) < 4.78 is 41.6. The van der Waals surface area contributed by atoms with E-state index in [-0.39, 0.29) is 5.76 Å². The summed E-state index contributed by atoms with van der Waals surface area (Å²) in [6.07, 6.45) is -2.97. The van der Waals surface area contributed by atoms with E-state index >= 15 is 0 Å². The first-order valence-electron chi connectivity index (χ1n) is 4.68. The number of alkyl halides is 3. The van der Waals surface area contributed by atoms with E-state index in [1.165, 1.54) is 13.8 Å². The number of halogens is 3. The van der Waals surface area contributed by atoms with E-state index in [2.05, 4.69) is 6.58 Å². The lowest BCUT2D eigenvalue weighted by Crippen LogP contribution is -2.18. The molecule has 0 aromatic rings. The van der Waals surface area contributed by atoms with Crippen LogP contribution in [-0.4, -0.2) is 23.4 Å². The third-order valence-electron chi connectivity index (χ3n) is 1.76. The Kier molecular flexibility index (Phi) is 5.50. The number of rotatable bonds is 5. The van der Waals surface area contributed by atoms with Crippen LogP contribution in [0.3, 0.4) is 0 Å². The Balaban J connectivity index is 4.54. The number of carbonyl (C=O) groups is 1. The van der Waals surface area contributed by atoms with Crippen molar-refractivity contribution in [1.82, 2.24) is 0 Å². The fourth-order valence-corrected chi connectivity index (χ4v) is 0.854. The maximum Gasteiger partial charge on any atom is 0.416 e. The second kappa shape index (κ2) is 6.12. The molecule has 0 saturated heterocycles. The summed E-state index contributed by atoms with van der Waals surface area (Å²) in [5.41, 5.74) is -0.856. The molecule has 0 aromatic carbocycles. The normalized spacial score (nSPS) is 14.8. The van der Waals surface area contributed by atoms with E-state index in [0.29, 0.717) is 0 Å². The van der Waals surface area contributed by atoms with Crippen molar-refractivity contribution in [3.8, 4) is 0 Å². The van der Waals surface area contributed by atoms with Crippen molar-refractivity contribution in [2.75, 3.05) is 0 Å². The maximum atomic E-state index is 12.3. The van der Waals surface area contributed by atoms with Crippen LogP contribution in [-0.2, 0) is 9.53 Å². The van der Waals surface area contributed by atoms with Crippen LogP contribution >= 0.6 is 0 Å². The van der Waals surface area contributed by atoms with Gasteiger partial charge >= 0.3 is 12.1 Å². The molecule has 6 heteroatoms. The second-order valence-corrected chi connectivity index (χ2v) is 3.14. The number of aliphatic carboxylic acids is 1. The van der Waals surface area contributed by atoms with E-state index < -0.39 is 23.8 Å². The average molecular weight is 250 g/mol. The van der Waals surface area contributed by atoms with Crippen molar-refractivity contribution in [1.29, 1.82) is 0 Å². The minimum atomic E-state index is -4.45. The van der Waals surface area contributed by atoms with Gasteiger partial charge in [-0.2, -0.15) is 13.2 Å². The summed E-state index contributed by atoms with van der Waals surface area (Å²) in [6, 6.07) is 0. The minimum Gasteiger partial charge on any atom is -0.480 e. The van der Waals surface area contributed by atoms with Crippen LogP contribution < -0.4 is 0 Å². The largest absolute Gasteiger partial charge is 0.480 e. The van der Waals surface area contributed by atoms with E-state index in [9.17, 15) is 18.0 Å². The average Bonchev–Trinajstić information content (AvgIpc) is 2.16. The Morgan fingerprint density at radius 2 is 1.94 bits per heavy atom. The number of hydrogen-bond acceptors (Lipinski definition) is 2. The first kappa shape index (κ1) is 15.3. The molecule has 17 heavy (non-hydrogen) atoms. The summed E-state index contributed by atoms with van der Waals surface area (Å²) in [5, 5.41) is 8.50. The summed E-state index contributed by atoms with van der Waals surface area (Å²) in [4.78, 5) is 10.4. The monoisotopic (exact) mass is 250 g/mol. The van der Waals surface area contributed by atoms with Crippen LogP contribution in [0.2, 0.25) is 0 Å². The van der Waals surface area contributed by atoms with Gasteiger partial charge in [-0.25, -0.2) is 4.79 Å². The van der Waals surface area contributed by atoms with Crippen LogP contribution in [0.1, 0.15) is 13.8 Å². The maximum absolute atomic E-state index is 12.3. The number of ether oxygens (including phenoxy) is 1. The molecular formula is C11H13F3O3. The molecule has 0 aliphatic rings. The van der Waals surface area contributed by atoms with Crippen molar-refractivity contribution < 1.29 is 27.8 Å². The highest BCUT2D eigenvalue weighted by Gasteiger charge is 2.30. The predicted molar refractivity (Wildman–Crippen MR) is 56.3 cm³/mol. The van der Waals surface area contributed by atoms with Crippen LogP contribution in [0, 0.1) is 0 Å². The van der Waals surface area contributed by atoms with Gasteiger partial charge in [0, 0.05) is 0 Å². The second-order valence-electron chi connectivity index (χ2n) is 3.14. The molecule has 0 heterocycles. The summed E-state index contributed by atoms with van der Waals surface area (Å²) >= 11 is 0. The molecule has 0 aliphatic heterocycles. The summed E-state index contributed by atoms with van der Waals surface area (Å²) in [7, 11) is 0. The first-order chi connectivity index (χ1) is 7.68. The fourth-order valence-electron chi connectivity index (χ4n) is 0.854. The van der Waals surface area contributed by atoms with E-state index in [1.54, 1.807) is 0 Å². The van der Waals surface area contributed by atoms with Crippen molar-refractivity contribution in [2.45, 2.75) is 26.1 Å². The molecule has 96 valence electrons. The van der Waals surface area contributed by atoms with Crippen LogP contribution in [0.5, 0.6) is 0 Å². The SMILES string of the molecule is C=C(/C=C\C(=C/C)C(F)(F)F)O[C@H](C)C(=O)O. The first-order valence-corrected chi connectivity index (χ1v) is 4.68. The third kappa shape index (κ3) is 5.79. The number of carboxylic acid groups (broad SMARTS) is 1. The van der Waals surface area contributed by atoms with Crippen molar-refractivity contribution in [3.05, 3.63) is 36.1 Å². The molecule has 0 spiro atoms. The Bertz CT molecular complexity index is 353. The van der Waals surface area contributed by atoms with E-state index in [4.69, 9.17) is 9.84 Å². The van der Waals surface area contributed by atoms with E-state index in [0.717, 1.165) is 18.2 Å². The molecule has 1 atom stereocenters. The zero-order chi connectivity index (χ0) is 13.6. The standard InChI is InChI=1S/C11H13F3O3/c1-4-9(11(12,13)14)6-5-7(2)17-8(3)10(15)16/h4-6,8H,2H2,1,3H3,(H,15,16)/b6-5-,9-4+/t8-/m1/s1. The molecule has 3 nitrogen and oxygen atoms in total. The molecule has 0 aromatic heterocycles. The zero-order valence-electron chi connectivity index (χ0n) is 9.41. The van der Waals surface area contributed by atoms with Gasteiger partial charge in [0.2, 0.25) is 0 Å². The van der Waals surface area contributed by atoms with Gasteiger partial charge in [-0.3, -0.25) is 0 Å². The molecule has 0 unspecified atom stereocenters. The Morgan fingerprint density at radius 3 is 2.29 bits per heavy atom. The van der Waals surface area contributed by atoms with Gasteiger partial charge < -0.3 is 9.84 Å². The van der Waals surface area contributed by atoms with Crippen LogP contribution in [0.4, 0.5) is 13.2 Å². The lowest BCUT2D eigenvalue weighted by Gasteiger charge is -2.10. The van der Waals surface area contributed by atoms with Gasteiger partial charge in [0.05, 0.1) is 5.57 Å². The topological polar surface area (TPSA) is 46.5 Å². The van der Waals surface area contributed by atoms with E-state index in [1.807, 2.05) is 0 Å². The van der Waals surface area contributed by atoms with Gasteiger partial charge in [-0.15, -0.1) is 0 Å². The van der Waals surface area contributed by atoms with Gasteiger partial charge in [-0.05, 0) is 26.0 Å². The molecule has 0 radical (unpaired) electrons. The van der Waals surface area contributed by atoms with Crippen LogP contribution in [0.15, 0.2) is 36.1 Å². The summed E-state index contributed by atoms with van der Waals surface area (Å²) in [6.45, 7) is 5.80. The quantitative estimate of drug-likeness (QED) is 0.602. The Labute approximate surface area is 96.9 Å². The van der Waals surface area contributed by atoms with Gasteiger partial charge in [0.15, 0.2) is 6.10 Å². The van der Waals surface area contributed by atoms with Gasteiger partial charge in [0.1, 0.15) is 5.76 Å². The van der Waals surface area contributed by atoms with Gasteiger partial charge in [-0.1, -0.05) is 12.7 Å². The molecular weight excluding hydrogens is 237 g/mol. The highest BCUT2D eigenvalue weighted by molar-refractivity contribution is 5.71. The number of carboxylic acids is 1. The minimum absolute atomic E-state index is 0.150. The molecule has 0 fully saturated rings. The number of allylic oxidation sites excluding steroid dienone is 4. The Hall–Kier alpha value is -1.72. The molecule has 0 bridgehead atoms. The van der Waals surface area contributed by atoms with Crippen molar-refractivity contribution in [3.63, 3.8) is 0 Å². The molecule has 0 aliphatic carbocycles. The smallest absolute Gasteiger partial charge is 0.416 e. The third-order valence-corrected chi connectivity index (χ3v) is 1.76. The van der Waals surface area contributed by atoms with Gasteiger partial charge in [0.25, 0.3) is 0 Å². The Morgan fingerprint density at radius 1 is 1.41 bits per heavy atom. The molecule has 0 rings (SSSR count). The number of hydrogen-bond donors (Lipinski definition) is 1. The molecule has 0 amide bonds. The highest BCUT2D eigenvalue weighted by Crippen LogP contribution is 2.26. The lowest BCUT2D eigenvalue weighted by atomic mass is 10.2. The highest BCUT2D eigenvalue weighted by atomic mass is 19.4. The molecule has 0 saturated carbocycles. The van der Waals surface area contributed by atoms with Crippen molar-refractivity contribution >= 4 is 5.97 Å². The molecule has 1 N–H and O–H groups in total. The fraction of sp³-hybridized carbons (Fsp3) is 0.364. The zero-order valence-corrected chi connectivity index (χ0v) is 9.41. The predicted octanol–water partition coefficient (Wildman–Crippen LogP) is 3.05. The van der Waals surface area contributed by atoms with Crippen molar-refractivity contribution in [2.24, 2.45) is 0 Å². The summed E-state index contributed by atoms with van der Waals surface area (Å²) in [5.74, 6) is -1.37. The lowest BCUT2D eigenvalue weighted by molar-refractivity contribution is -0.146.